The van der Waals surface area contributed by atoms with Crippen LogP contribution in [0.4, 0.5) is 13.2 Å². The lowest BCUT2D eigenvalue weighted by Gasteiger charge is -2.07. The second kappa shape index (κ2) is 9.19. The first-order valence-corrected chi connectivity index (χ1v) is 9.89. The van der Waals surface area contributed by atoms with Gasteiger partial charge in [0.2, 0.25) is 11.7 Å². The Balaban J connectivity index is 1.26. The minimum Gasteiger partial charge on any atom is -0.492 e. The molecular formula is C23H18F3N3O4. The fourth-order valence-corrected chi connectivity index (χ4v) is 2.99. The number of alkyl halides is 3. The van der Waals surface area contributed by atoms with Gasteiger partial charge in [-0.3, -0.25) is 4.79 Å². The monoisotopic (exact) mass is 457 g/mol. The van der Waals surface area contributed by atoms with E-state index < -0.39 is 12.1 Å². The van der Waals surface area contributed by atoms with Gasteiger partial charge in [-0.15, -0.1) is 0 Å². The van der Waals surface area contributed by atoms with E-state index in [9.17, 15) is 18.0 Å². The molecule has 0 aliphatic rings. The third-order valence-electron chi connectivity index (χ3n) is 4.61. The molecule has 33 heavy (non-hydrogen) atoms. The van der Waals surface area contributed by atoms with E-state index in [0.29, 0.717) is 22.6 Å². The second-order valence-electron chi connectivity index (χ2n) is 7.06. The van der Waals surface area contributed by atoms with E-state index >= 15 is 0 Å². The summed E-state index contributed by atoms with van der Waals surface area (Å²) in [6.45, 7) is 2.24. The molecule has 0 bridgehead atoms. The van der Waals surface area contributed by atoms with Crippen LogP contribution < -0.4 is 10.1 Å². The number of carbonyl (C=O) groups is 1. The van der Waals surface area contributed by atoms with Crippen LogP contribution in [0.3, 0.4) is 0 Å². The van der Waals surface area contributed by atoms with Crippen LogP contribution in [0, 0.1) is 0 Å². The Bertz CT molecular complexity index is 1260. The Labute approximate surface area is 185 Å². The average Bonchev–Trinajstić information content (AvgIpc) is 3.44. The molecule has 0 aliphatic heterocycles. The van der Waals surface area contributed by atoms with Crippen molar-refractivity contribution >= 4 is 22.4 Å². The van der Waals surface area contributed by atoms with Gasteiger partial charge >= 0.3 is 12.1 Å². The van der Waals surface area contributed by atoms with Gasteiger partial charge in [0.1, 0.15) is 23.7 Å². The summed E-state index contributed by atoms with van der Waals surface area (Å²) in [5.41, 5.74) is 1.79. The van der Waals surface area contributed by atoms with Gasteiger partial charge in [-0.1, -0.05) is 23.4 Å². The molecule has 1 N–H and O–H groups in total. The summed E-state index contributed by atoms with van der Waals surface area (Å²) in [6.07, 6.45) is -3.24. The SMILES string of the molecule is C/C(=C\C(=O)NCCOc1ccc(-c2noc(C(F)(F)F)n2)cc1)c1cc2ccccc2o1. The molecule has 2 aromatic heterocycles. The highest BCUT2D eigenvalue weighted by molar-refractivity contribution is 5.95. The topological polar surface area (TPSA) is 90.4 Å². The van der Waals surface area contributed by atoms with E-state index in [1.54, 1.807) is 19.1 Å². The highest BCUT2D eigenvalue weighted by atomic mass is 19.4. The Morgan fingerprint density at radius 2 is 1.91 bits per heavy atom. The molecule has 2 heterocycles. The van der Waals surface area contributed by atoms with E-state index in [-0.39, 0.29) is 24.9 Å². The van der Waals surface area contributed by atoms with Crippen LogP contribution in [0.1, 0.15) is 18.6 Å². The molecule has 0 unspecified atom stereocenters. The van der Waals surface area contributed by atoms with Crippen molar-refractivity contribution in [2.45, 2.75) is 13.1 Å². The highest BCUT2D eigenvalue weighted by Gasteiger charge is 2.38. The number of nitrogens with one attached hydrogen (secondary N) is 1. The second-order valence-corrected chi connectivity index (χ2v) is 7.06. The minimum atomic E-state index is -4.70. The zero-order chi connectivity index (χ0) is 23.4. The van der Waals surface area contributed by atoms with Crippen molar-refractivity contribution in [1.29, 1.82) is 0 Å². The predicted octanol–water partition coefficient (Wildman–Crippen LogP) is 5.10. The van der Waals surface area contributed by atoms with Crippen LogP contribution in [-0.4, -0.2) is 29.2 Å². The first-order chi connectivity index (χ1) is 15.8. The molecule has 0 saturated heterocycles. The summed E-state index contributed by atoms with van der Waals surface area (Å²) >= 11 is 0. The molecule has 2 aromatic carbocycles. The number of para-hydroxylation sites is 1. The van der Waals surface area contributed by atoms with Crippen molar-refractivity contribution in [3.05, 3.63) is 72.3 Å². The van der Waals surface area contributed by atoms with Crippen molar-refractivity contribution in [2.75, 3.05) is 13.2 Å². The van der Waals surface area contributed by atoms with Gasteiger partial charge in [-0.2, -0.15) is 18.2 Å². The van der Waals surface area contributed by atoms with Gasteiger partial charge in [0, 0.05) is 17.0 Å². The van der Waals surface area contributed by atoms with Crippen molar-refractivity contribution in [3.63, 3.8) is 0 Å². The van der Waals surface area contributed by atoms with Crippen molar-refractivity contribution < 1.29 is 31.6 Å². The van der Waals surface area contributed by atoms with Crippen LogP contribution in [0.25, 0.3) is 27.9 Å². The van der Waals surface area contributed by atoms with Crippen molar-refractivity contribution in [2.24, 2.45) is 0 Å². The zero-order valence-corrected chi connectivity index (χ0v) is 17.3. The van der Waals surface area contributed by atoms with Gasteiger partial charge < -0.3 is 19.0 Å². The number of aromatic nitrogens is 2. The predicted molar refractivity (Wildman–Crippen MR) is 113 cm³/mol. The lowest BCUT2D eigenvalue weighted by Crippen LogP contribution is -2.26. The van der Waals surface area contributed by atoms with Crippen molar-refractivity contribution in [1.82, 2.24) is 15.5 Å². The molecule has 0 saturated carbocycles. The molecule has 0 fully saturated rings. The lowest BCUT2D eigenvalue weighted by molar-refractivity contribution is -0.159. The fourth-order valence-electron chi connectivity index (χ4n) is 2.99. The third kappa shape index (κ3) is 5.40. The highest BCUT2D eigenvalue weighted by Crippen LogP contribution is 2.29. The van der Waals surface area contributed by atoms with Crippen LogP contribution in [-0.2, 0) is 11.0 Å². The maximum absolute atomic E-state index is 12.6. The quantitative estimate of drug-likeness (QED) is 0.307. The number of amides is 1. The van der Waals surface area contributed by atoms with E-state index in [2.05, 4.69) is 20.0 Å². The molecular weight excluding hydrogens is 439 g/mol. The van der Waals surface area contributed by atoms with Gasteiger partial charge in [0.15, 0.2) is 0 Å². The number of benzene rings is 2. The number of allylic oxidation sites excluding steroid dienone is 1. The van der Waals surface area contributed by atoms with Gasteiger partial charge in [-0.05, 0) is 48.9 Å². The zero-order valence-electron chi connectivity index (χ0n) is 17.3. The largest absolute Gasteiger partial charge is 0.492 e. The molecule has 4 aromatic rings. The molecule has 1 amide bonds. The minimum absolute atomic E-state index is 0.173. The van der Waals surface area contributed by atoms with Gasteiger partial charge in [0.25, 0.3) is 0 Å². The number of ether oxygens (including phenoxy) is 1. The summed E-state index contributed by atoms with van der Waals surface area (Å²) < 4.78 is 53.2. The summed E-state index contributed by atoms with van der Waals surface area (Å²) in [4.78, 5) is 15.5. The molecule has 0 atom stereocenters. The first-order valence-electron chi connectivity index (χ1n) is 9.89. The first kappa shape index (κ1) is 22.1. The number of hydrogen-bond donors (Lipinski definition) is 1. The smallest absolute Gasteiger partial charge is 0.471 e. The lowest BCUT2D eigenvalue weighted by atomic mass is 10.2. The van der Waals surface area contributed by atoms with E-state index in [1.165, 1.54) is 18.2 Å². The number of halogens is 3. The number of nitrogens with zero attached hydrogens (tertiary/aromatic N) is 2. The Kier molecular flexibility index (Phi) is 6.16. The summed E-state index contributed by atoms with van der Waals surface area (Å²) in [6, 6.07) is 15.6. The Morgan fingerprint density at radius 3 is 2.61 bits per heavy atom. The molecule has 0 spiro atoms. The molecule has 0 aliphatic carbocycles. The molecule has 0 radical (unpaired) electrons. The molecule has 10 heteroatoms. The Morgan fingerprint density at radius 1 is 1.15 bits per heavy atom. The number of rotatable bonds is 7. The summed E-state index contributed by atoms with van der Waals surface area (Å²) in [7, 11) is 0. The number of furan rings is 1. The van der Waals surface area contributed by atoms with Crippen LogP contribution >= 0.6 is 0 Å². The van der Waals surface area contributed by atoms with Crippen LogP contribution in [0.2, 0.25) is 0 Å². The molecule has 7 nitrogen and oxygen atoms in total. The third-order valence-corrected chi connectivity index (χ3v) is 4.61. The van der Waals surface area contributed by atoms with Crippen LogP contribution in [0.5, 0.6) is 5.75 Å². The number of carbonyl (C=O) groups excluding carboxylic acids is 1. The van der Waals surface area contributed by atoms with Gasteiger partial charge in [0.05, 0.1) is 6.54 Å². The molecule has 4 rings (SSSR count). The fraction of sp³-hybridized carbons (Fsp3) is 0.174. The van der Waals surface area contributed by atoms with E-state index in [1.807, 2.05) is 30.3 Å². The molecule has 170 valence electrons. The maximum atomic E-state index is 12.6. The van der Waals surface area contributed by atoms with E-state index in [0.717, 1.165) is 11.0 Å². The summed E-state index contributed by atoms with van der Waals surface area (Å²) in [5, 5.41) is 7.01. The average molecular weight is 457 g/mol. The van der Waals surface area contributed by atoms with Crippen molar-refractivity contribution in [3.8, 4) is 17.1 Å². The van der Waals surface area contributed by atoms with E-state index in [4.69, 9.17) is 9.15 Å². The number of fused-ring (bicyclic) bond motifs is 1. The maximum Gasteiger partial charge on any atom is 0.471 e. The summed E-state index contributed by atoms with van der Waals surface area (Å²) in [5.74, 6) is -0.774. The normalized spacial score (nSPS) is 12.2. The van der Waals surface area contributed by atoms with Gasteiger partial charge in [-0.25, -0.2) is 0 Å². The van der Waals surface area contributed by atoms with Crippen LogP contribution in [0.15, 0.2) is 69.6 Å². The number of hydrogen-bond acceptors (Lipinski definition) is 6. The standard InChI is InChI=1S/C23H18F3N3O4/c1-14(19-13-16-4-2-3-5-18(16)32-19)12-20(30)27-10-11-31-17-8-6-15(7-9-17)21-28-22(33-29-21)23(24,25)26/h2-9,12-13H,10-11H2,1H3,(H,27,30)/b14-12+. The Hall–Kier alpha value is -4.08.